The summed E-state index contributed by atoms with van der Waals surface area (Å²) in [6.45, 7) is 1.80. The molecule has 2 aromatic carbocycles. The number of nitrogens with one attached hydrogen (secondary N) is 1. The standard InChI is InChI=1S/C15H13Cl2NO2/c1-10(11-5-3-2-4-6-11)20-15(19)18-14-8-7-12(16)9-13(14)17/h2-10H,1H3,(H,18,19). The lowest BCUT2D eigenvalue weighted by Gasteiger charge is -2.14. The van der Waals surface area contributed by atoms with E-state index in [4.69, 9.17) is 27.9 Å². The van der Waals surface area contributed by atoms with Crippen molar-refractivity contribution < 1.29 is 9.53 Å². The summed E-state index contributed by atoms with van der Waals surface area (Å²) < 4.78 is 5.28. The normalized spacial score (nSPS) is 11.8. The summed E-state index contributed by atoms with van der Waals surface area (Å²) in [7, 11) is 0. The van der Waals surface area contributed by atoms with Gasteiger partial charge >= 0.3 is 6.09 Å². The lowest BCUT2D eigenvalue weighted by molar-refractivity contribution is 0.121. The van der Waals surface area contributed by atoms with Gasteiger partial charge in [-0.3, -0.25) is 5.32 Å². The number of amides is 1. The molecule has 0 saturated heterocycles. The van der Waals surface area contributed by atoms with E-state index in [1.807, 2.05) is 30.3 Å². The Hall–Kier alpha value is -1.71. The molecule has 0 bridgehead atoms. The topological polar surface area (TPSA) is 38.3 Å². The van der Waals surface area contributed by atoms with Gasteiger partial charge in [-0.25, -0.2) is 4.79 Å². The fraction of sp³-hybridized carbons (Fsp3) is 0.133. The van der Waals surface area contributed by atoms with Crippen LogP contribution in [-0.4, -0.2) is 6.09 Å². The number of carbonyl (C=O) groups excluding carboxylic acids is 1. The first kappa shape index (κ1) is 14.7. The van der Waals surface area contributed by atoms with Crippen molar-refractivity contribution in [1.29, 1.82) is 0 Å². The van der Waals surface area contributed by atoms with E-state index in [1.165, 1.54) is 0 Å². The lowest BCUT2D eigenvalue weighted by Crippen LogP contribution is -2.16. The van der Waals surface area contributed by atoms with Gasteiger partial charge in [-0.1, -0.05) is 53.5 Å². The van der Waals surface area contributed by atoms with Gasteiger partial charge in [0.1, 0.15) is 6.10 Å². The zero-order chi connectivity index (χ0) is 14.5. The van der Waals surface area contributed by atoms with E-state index in [0.29, 0.717) is 15.7 Å². The minimum Gasteiger partial charge on any atom is -0.441 e. The van der Waals surface area contributed by atoms with Crippen LogP contribution in [-0.2, 0) is 4.74 Å². The van der Waals surface area contributed by atoms with Crippen LogP contribution >= 0.6 is 23.2 Å². The molecule has 1 amide bonds. The van der Waals surface area contributed by atoms with Crippen molar-refractivity contribution in [2.75, 3.05) is 5.32 Å². The molecule has 0 heterocycles. The van der Waals surface area contributed by atoms with Crippen LogP contribution in [0.1, 0.15) is 18.6 Å². The second-order valence-corrected chi connectivity index (χ2v) is 5.05. The maximum absolute atomic E-state index is 11.8. The molecule has 0 aliphatic heterocycles. The molecule has 2 rings (SSSR count). The van der Waals surface area contributed by atoms with E-state index in [1.54, 1.807) is 25.1 Å². The highest BCUT2D eigenvalue weighted by Gasteiger charge is 2.12. The van der Waals surface area contributed by atoms with Gasteiger partial charge in [-0.05, 0) is 30.7 Å². The summed E-state index contributed by atoms with van der Waals surface area (Å²) in [5.41, 5.74) is 1.38. The highest BCUT2D eigenvalue weighted by molar-refractivity contribution is 6.36. The van der Waals surface area contributed by atoms with E-state index in [0.717, 1.165) is 5.56 Å². The molecule has 2 aromatic rings. The molecule has 5 heteroatoms. The Bertz CT molecular complexity index is 602. The lowest BCUT2D eigenvalue weighted by atomic mass is 10.1. The zero-order valence-electron chi connectivity index (χ0n) is 10.8. The van der Waals surface area contributed by atoms with E-state index in [9.17, 15) is 4.79 Å². The zero-order valence-corrected chi connectivity index (χ0v) is 12.3. The van der Waals surface area contributed by atoms with Crippen LogP contribution in [0.15, 0.2) is 48.5 Å². The first-order valence-corrected chi connectivity index (χ1v) is 6.79. The van der Waals surface area contributed by atoms with Gasteiger partial charge < -0.3 is 4.74 Å². The van der Waals surface area contributed by atoms with E-state index in [-0.39, 0.29) is 6.10 Å². The maximum Gasteiger partial charge on any atom is 0.412 e. The van der Waals surface area contributed by atoms with Crippen molar-refractivity contribution >= 4 is 35.0 Å². The predicted molar refractivity (Wildman–Crippen MR) is 81.4 cm³/mol. The van der Waals surface area contributed by atoms with Crippen LogP contribution in [0.3, 0.4) is 0 Å². The molecule has 0 fully saturated rings. The average molecular weight is 310 g/mol. The molecule has 3 nitrogen and oxygen atoms in total. The molecule has 1 atom stereocenters. The molecule has 0 aromatic heterocycles. The van der Waals surface area contributed by atoms with Gasteiger partial charge in [0.05, 0.1) is 10.7 Å². The molecule has 0 aliphatic rings. The van der Waals surface area contributed by atoms with Crippen molar-refractivity contribution in [1.82, 2.24) is 0 Å². The van der Waals surface area contributed by atoms with E-state index >= 15 is 0 Å². The molecular weight excluding hydrogens is 297 g/mol. The summed E-state index contributed by atoms with van der Waals surface area (Å²) in [6.07, 6.45) is -0.909. The SMILES string of the molecule is CC(OC(=O)Nc1ccc(Cl)cc1Cl)c1ccccc1. The predicted octanol–water partition coefficient (Wildman–Crippen LogP) is 5.30. The summed E-state index contributed by atoms with van der Waals surface area (Å²) in [6, 6.07) is 14.3. The number of carbonyl (C=O) groups is 1. The van der Waals surface area contributed by atoms with Crippen LogP contribution < -0.4 is 5.32 Å². The minimum absolute atomic E-state index is 0.345. The Kier molecular flexibility index (Phi) is 4.88. The van der Waals surface area contributed by atoms with Gasteiger partial charge in [0, 0.05) is 5.02 Å². The van der Waals surface area contributed by atoms with E-state index < -0.39 is 6.09 Å². The molecule has 0 aliphatic carbocycles. The Morgan fingerprint density at radius 1 is 1.15 bits per heavy atom. The Morgan fingerprint density at radius 2 is 1.85 bits per heavy atom. The van der Waals surface area contributed by atoms with Gasteiger partial charge in [-0.15, -0.1) is 0 Å². The van der Waals surface area contributed by atoms with Gasteiger partial charge in [0.2, 0.25) is 0 Å². The van der Waals surface area contributed by atoms with Crippen LogP contribution in [0, 0.1) is 0 Å². The second-order valence-electron chi connectivity index (χ2n) is 4.21. The minimum atomic E-state index is -0.564. The summed E-state index contributed by atoms with van der Waals surface area (Å²) in [5, 5.41) is 3.46. The van der Waals surface area contributed by atoms with Crippen LogP contribution in [0.25, 0.3) is 0 Å². The van der Waals surface area contributed by atoms with Gasteiger partial charge in [0.15, 0.2) is 0 Å². The monoisotopic (exact) mass is 309 g/mol. The number of rotatable bonds is 3. The maximum atomic E-state index is 11.8. The fourth-order valence-corrected chi connectivity index (χ4v) is 2.14. The Morgan fingerprint density at radius 3 is 2.50 bits per heavy atom. The van der Waals surface area contributed by atoms with Crippen molar-refractivity contribution in [3.63, 3.8) is 0 Å². The molecule has 0 radical (unpaired) electrons. The smallest absolute Gasteiger partial charge is 0.412 e. The first-order valence-electron chi connectivity index (χ1n) is 6.04. The average Bonchev–Trinajstić information content (AvgIpc) is 2.43. The van der Waals surface area contributed by atoms with Crippen LogP contribution in [0.5, 0.6) is 0 Å². The van der Waals surface area contributed by atoms with Crippen molar-refractivity contribution in [3.8, 4) is 0 Å². The molecule has 1 N–H and O–H groups in total. The summed E-state index contributed by atoms with van der Waals surface area (Å²) in [4.78, 5) is 11.8. The van der Waals surface area contributed by atoms with Crippen molar-refractivity contribution in [2.45, 2.75) is 13.0 Å². The molecule has 20 heavy (non-hydrogen) atoms. The van der Waals surface area contributed by atoms with E-state index in [2.05, 4.69) is 5.32 Å². The number of hydrogen-bond donors (Lipinski definition) is 1. The number of hydrogen-bond acceptors (Lipinski definition) is 2. The second kappa shape index (κ2) is 6.64. The van der Waals surface area contributed by atoms with Crippen molar-refractivity contribution in [2.24, 2.45) is 0 Å². The summed E-state index contributed by atoms with van der Waals surface area (Å²) >= 11 is 11.8. The fourth-order valence-electron chi connectivity index (χ4n) is 1.68. The molecular formula is C15H13Cl2NO2. The number of ether oxygens (including phenoxy) is 1. The molecule has 1 unspecified atom stereocenters. The van der Waals surface area contributed by atoms with Crippen LogP contribution in [0.4, 0.5) is 10.5 Å². The van der Waals surface area contributed by atoms with Gasteiger partial charge in [-0.2, -0.15) is 0 Å². The third-order valence-corrected chi connectivity index (χ3v) is 3.27. The number of anilines is 1. The highest BCUT2D eigenvalue weighted by Crippen LogP contribution is 2.26. The number of halogens is 2. The van der Waals surface area contributed by atoms with Gasteiger partial charge in [0.25, 0.3) is 0 Å². The Balaban J connectivity index is 1.99. The third kappa shape index (κ3) is 3.89. The third-order valence-electron chi connectivity index (χ3n) is 2.72. The van der Waals surface area contributed by atoms with Crippen LogP contribution in [0.2, 0.25) is 10.0 Å². The highest BCUT2D eigenvalue weighted by atomic mass is 35.5. The molecule has 104 valence electrons. The number of benzene rings is 2. The largest absolute Gasteiger partial charge is 0.441 e. The first-order chi connectivity index (χ1) is 9.56. The quantitative estimate of drug-likeness (QED) is 0.835. The molecule has 0 spiro atoms. The summed E-state index contributed by atoms with van der Waals surface area (Å²) in [5.74, 6) is 0. The Labute approximate surface area is 127 Å². The molecule has 0 saturated carbocycles. The van der Waals surface area contributed by atoms with Crippen molar-refractivity contribution in [3.05, 3.63) is 64.1 Å².